The maximum absolute atomic E-state index is 12.9. The Kier molecular flexibility index (Phi) is 5.82. The average Bonchev–Trinajstić information content (AvgIpc) is 2.53. The van der Waals surface area contributed by atoms with E-state index in [-0.39, 0.29) is 5.78 Å². The Morgan fingerprint density at radius 3 is 2.48 bits per heavy atom. The molecule has 0 aromatic heterocycles. The molecule has 2 aromatic rings. The molecule has 3 nitrogen and oxygen atoms in total. The molecule has 0 spiro atoms. The normalized spacial score (nSPS) is 10.7. The lowest BCUT2D eigenvalue weighted by atomic mass is 10.0. The molecule has 0 radical (unpaired) electrons. The summed E-state index contributed by atoms with van der Waals surface area (Å²) in [6, 6.07) is 10.5. The molecule has 0 aliphatic heterocycles. The minimum absolute atomic E-state index is 0.225. The zero-order valence-corrected chi connectivity index (χ0v) is 14.0. The summed E-state index contributed by atoms with van der Waals surface area (Å²) in [6.07, 6.45) is 2.88. The number of rotatable bonds is 5. The van der Waals surface area contributed by atoms with Crippen LogP contribution in [0.15, 0.2) is 53.0 Å². The molecule has 0 fully saturated rings. The minimum Gasteiger partial charge on any atom is -0.463 e. The first-order valence-electron chi connectivity index (χ1n) is 6.95. The fourth-order valence-corrected chi connectivity index (χ4v) is 2.47. The lowest BCUT2D eigenvalue weighted by molar-refractivity contribution is -0.137. The lowest BCUT2D eigenvalue weighted by Gasteiger charge is -2.04. The van der Waals surface area contributed by atoms with Gasteiger partial charge in [0, 0.05) is 21.7 Å². The van der Waals surface area contributed by atoms with Gasteiger partial charge >= 0.3 is 5.97 Å². The molecule has 0 unspecified atom stereocenters. The van der Waals surface area contributed by atoms with Crippen molar-refractivity contribution in [2.75, 3.05) is 6.61 Å². The summed E-state index contributed by atoms with van der Waals surface area (Å²) >= 11 is 3.34. The van der Waals surface area contributed by atoms with Crippen molar-refractivity contribution in [2.45, 2.75) is 6.92 Å². The number of esters is 1. The summed E-state index contributed by atoms with van der Waals surface area (Å²) in [5.74, 6) is -1.06. The second kappa shape index (κ2) is 7.83. The van der Waals surface area contributed by atoms with E-state index >= 15 is 0 Å². The lowest BCUT2D eigenvalue weighted by Crippen LogP contribution is -2.02. The van der Waals surface area contributed by atoms with E-state index in [2.05, 4.69) is 15.9 Å². The molecular formula is C18H14BrFO3. The van der Waals surface area contributed by atoms with Crippen LogP contribution in [0, 0.1) is 5.82 Å². The quantitative estimate of drug-likeness (QED) is 0.441. The maximum atomic E-state index is 12.9. The number of benzene rings is 2. The van der Waals surface area contributed by atoms with Gasteiger partial charge in [0.15, 0.2) is 5.78 Å². The number of ketones is 1. The third kappa shape index (κ3) is 4.86. The van der Waals surface area contributed by atoms with Gasteiger partial charge in [-0.15, -0.1) is 0 Å². The second-order valence-electron chi connectivity index (χ2n) is 4.69. The fourth-order valence-electron chi connectivity index (χ4n) is 1.96. The van der Waals surface area contributed by atoms with Gasteiger partial charge in [0.05, 0.1) is 6.61 Å². The van der Waals surface area contributed by atoms with E-state index in [4.69, 9.17) is 4.74 Å². The van der Waals surface area contributed by atoms with E-state index in [0.717, 1.165) is 0 Å². The molecule has 0 heterocycles. The Hall–Kier alpha value is -2.27. The topological polar surface area (TPSA) is 43.4 Å². The Labute approximate surface area is 141 Å². The second-order valence-corrected chi connectivity index (χ2v) is 5.61. The Balaban J connectivity index is 2.28. The SMILES string of the molecule is CCOC(=O)/C=C/c1cc(Br)cc(C(=O)c2ccc(F)cc2)c1. The monoisotopic (exact) mass is 376 g/mol. The van der Waals surface area contributed by atoms with Crippen molar-refractivity contribution in [3.63, 3.8) is 0 Å². The molecule has 0 saturated heterocycles. The van der Waals surface area contributed by atoms with Crippen LogP contribution >= 0.6 is 15.9 Å². The van der Waals surface area contributed by atoms with E-state index in [1.807, 2.05) is 0 Å². The Bertz CT molecular complexity index is 751. The van der Waals surface area contributed by atoms with Crippen molar-refractivity contribution in [1.82, 2.24) is 0 Å². The summed E-state index contributed by atoms with van der Waals surface area (Å²) in [4.78, 5) is 23.8. The minimum atomic E-state index is -0.445. The van der Waals surface area contributed by atoms with Gasteiger partial charge in [0.1, 0.15) is 5.82 Å². The number of ether oxygens (including phenoxy) is 1. The molecule has 0 saturated carbocycles. The van der Waals surface area contributed by atoms with Gasteiger partial charge in [-0.2, -0.15) is 0 Å². The molecule has 0 amide bonds. The van der Waals surface area contributed by atoms with Crippen molar-refractivity contribution in [3.8, 4) is 0 Å². The number of carbonyl (C=O) groups is 2. The van der Waals surface area contributed by atoms with Crippen molar-refractivity contribution in [1.29, 1.82) is 0 Å². The smallest absolute Gasteiger partial charge is 0.330 e. The van der Waals surface area contributed by atoms with Gasteiger partial charge in [-0.25, -0.2) is 9.18 Å². The van der Waals surface area contributed by atoms with E-state index in [1.165, 1.54) is 30.3 Å². The highest BCUT2D eigenvalue weighted by Crippen LogP contribution is 2.20. The highest BCUT2D eigenvalue weighted by molar-refractivity contribution is 9.10. The van der Waals surface area contributed by atoms with Crippen molar-refractivity contribution < 1.29 is 18.7 Å². The first-order chi connectivity index (χ1) is 11.0. The number of hydrogen-bond donors (Lipinski definition) is 0. The van der Waals surface area contributed by atoms with Crippen LogP contribution in [0.4, 0.5) is 4.39 Å². The molecule has 23 heavy (non-hydrogen) atoms. The summed E-state index contributed by atoms with van der Waals surface area (Å²) < 4.78 is 18.5. The molecule has 0 bridgehead atoms. The van der Waals surface area contributed by atoms with Gasteiger partial charge in [0.25, 0.3) is 0 Å². The number of hydrogen-bond acceptors (Lipinski definition) is 3. The van der Waals surface area contributed by atoms with Crippen LogP contribution in [0.25, 0.3) is 6.08 Å². The van der Waals surface area contributed by atoms with Crippen LogP contribution in [0.2, 0.25) is 0 Å². The summed E-state index contributed by atoms with van der Waals surface area (Å²) in [5.41, 5.74) is 1.51. The van der Waals surface area contributed by atoms with E-state index < -0.39 is 11.8 Å². The van der Waals surface area contributed by atoms with Crippen LogP contribution in [0.3, 0.4) is 0 Å². The van der Waals surface area contributed by atoms with Gasteiger partial charge in [0.2, 0.25) is 0 Å². The van der Waals surface area contributed by atoms with Crippen molar-refractivity contribution in [2.24, 2.45) is 0 Å². The zero-order chi connectivity index (χ0) is 16.8. The zero-order valence-electron chi connectivity index (χ0n) is 12.4. The Morgan fingerprint density at radius 1 is 1.13 bits per heavy atom. The molecule has 0 N–H and O–H groups in total. The van der Waals surface area contributed by atoms with Crippen molar-refractivity contribution in [3.05, 3.63) is 75.5 Å². The third-order valence-electron chi connectivity index (χ3n) is 2.99. The van der Waals surface area contributed by atoms with Gasteiger partial charge in [-0.1, -0.05) is 15.9 Å². The highest BCUT2D eigenvalue weighted by atomic mass is 79.9. The third-order valence-corrected chi connectivity index (χ3v) is 3.45. The molecule has 118 valence electrons. The standard InChI is InChI=1S/C18H14BrFO3/c1-2-23-17(21)8-3-12-9-14(11-15(19)10-12)18(22)13-4-6-16(20)7-5-13/h3-11H,2H2,1H3/b8-3+. The molecule has 0 aliphatic rings. The average molecular weight is 377 g/mol. The first kappa shape index (κ1) is 17.1. The predicted octanol–water partition coefficient (Wildman–Crippen LogP) is 4.40. The van der Waals surface area contributed by atoms with Gasteiger partial charge < -0.3 is 4.74 Å². The summed E-state index contributed by atoms with van der Waals surface area (Å²) in [5, 5.41) is 0. The first-order valence-corrected chi connectivity index (χ1v) is 7.74. The number of carbonyl (C=O) groups excluding carboxylic acids is 2. The predicted molar refractivity (Wildman–Crippen MR) is 89.6 cm³/mol. The fraction of sp³-hybridized carbons (Fsp3) is 0.111. The van der Waals surface area contributed by atoms with Crippen molar-refractivity contribution >= 4 is 33.8 Å². The van der Waals surface area contributed by atoms with Crippen LogP contribution < -0.4 is 0 Å². The van der Waals surface area contributed by atoms with Crippen LogP contribution in [0.1, 0.15) is 28.4 Å². The van der Waals surface area contributed by atoms with E-state index in [9.17, 15) is 14.0 Å². The molecule has 0 atom stereocenters. The molecule has 2 aromatic carbocycles. The maximum Gasteiger partial charge on any atom is 0.330 e. The molecule has 2 rings (SSSR count). The largest absolute Gasteiger partial charge is 0.463 e. The molecule has 5 heteroatoms. The molecular weight excluding hydrogens is 363 g/mol. The van der Waals surface area contributed by atoms with Gasteiger partial charge in [-0.3, -0.25) is 4.79 Å². The highest BCUT2D eigenvalue weighted by Gasteiger charge is 2.10. The van der Waals surface area contributed by atoms with Crippen LogP contribution in [-0.4, -0.2) is 18.4 Å². The van der Waals surface area contributed by atoms with Crippen LogP contribution in [0.5, 0.6) is 0 Å². The summed E-state index contributed by atoms with van der Waals surface area (Å²) in [7, 11) is 0. The Morgan fingerprint density at radius 2 is 1.83 bits per heavy atom. The van der Waals surface area contributed by atoms with Crippen LogP contribution in [-0.2, 0) is 9.53 Å². The van der Waals surface area contributed by atoms with E-state index in [0.29, 0.717) is 27.8 Å². The summed E-state index contributed by atoms with van der Waals surface area (Å²) in [6.45, 7) is 2.03. The molecule has 0 aliphatic carbocycles. The van der Waals surface area contributed by atoms with E-state index in [1.54, 1.807) is 31.2 Å². The number of halogens is 2. The van der Waals surface area contributed by atoms with Gasteiger partial charge in [-0.05, 0) is 61.0 Å².